The van der Waals surface area contributed by atoms with Gasteiger partial charge in [-0.15, -0.1) is 11.8 Å². The van der Waals surface area contributed by atoms with E-state index in [0.717, 1.165) is 33.4 Å². The van der Waals surface area contributed by atoms with E-state index >= 15 is 0 Å². The number of carboxylic acids is 1. The number of aromatic carboxylic acids is 1. The molecule has 0 spiro atoms. The summed E-state index contributed by atoms with van der Waals surface area (Å²) in [5, 5.41) is 25.2. The number of hydrogen-bond donors (Lipinski definition) is 4. The summed E-state index contributed by atoms with van der Waals surface area (Å²) in [5.41, 5.74) is 5.81. The average molecular weight is 614 g/mol. The fourth-order valence-corrected chi connectivity index (χ4v) is 6.04. The molecule has 4 aromatic rings. The number of thioether (sulfide) groups is 1. The molecule has 1 aliphatic heterocycles. The van der Waals surface area contributed by atoms with Gasteiger partial charge in [-0.3, -0.25) is 0 Å². The van der Waals surface area contributed by atoms with Gasteiger partial charge in [0.1, 0.15) is 5.03 Å². The lowest BCUT2D eigenvalue weighted by Crippen LogP contribution is -2.34. The van der Waals surface area contributed by atoms with Gasteiger partial charge in [-0.25, -0.2) is 14.6 Å². The topological polar surface area (TPSA) is 130 Å². The Balaban J connectivity index is 1.35. The van der Waals surface area contributed by atoms with E-state index < -0.39 is 12.3 Å². The van der Waals surface area contributed by atoms with Crippen LogP contribution >= 0.6 is 11.8 Å². The lowest BCUT2D eigenvalue weighted by atomic mass is 9.98. The van der Waals surface area contributed by atoms with Gasteiger partial charge in [0.25, 0.3) is 0 Å². The lowest BCUT2D eigenvalue weighted by molar-refractivity contribution is -0.245. The van der Waals surface area contributed by atoms with Crippen molar-refractivity contribution < 1.29 is 29.3 Å². The normalized spacial score (nSPS) is 18.0. The molecule has 1 aliphatic rings. The van der Waals surface area contributed by atoms with Crippen molar-refractivity contribution in [2.75, 3.05) is 12.3 Å². The Kier molecular flexibility index (Phi) is 10.6. The van der Waals surface area contributed by atoms with Crippen LogP contribution in [0.1, 0.15) is 58.4 Å². The van der Waals surface area contributed by atoms with E-state index in [1.165, 1.54) is 11.8 Å². The van der Waals surface area contributed by atoms with E-state index in [-0.39, 0.29) is 30.4 Å². The highest BCUT2D eigenvalue weighted by atomic mass is 32.2. The van der Waals surface area contributed by atoms with Crippen LogP contribution in [0.4, 0.5) is 4.79 Å². The number of nitrogens with one attached hydrogen (secondary N) is 2. The maximum atomic E-state index is 12.0. The number of aromatic nitrogens is 1. The van der Waals surface area contributed by atoms with Crippen LogP contribution in [-0.4, -0.2) is 45.6 Å². The number of pyridine rings is 1. The van der Waals surface area contributed by atoms with Crippen LogP contribution in [0.15, 0.2) is 96.2 Å². The first kappa shape index (κ1) is 31.2. The molecule has 1 fully saturated rings. The molecule has 0 aliphatic carbocycles. The van der Waals surface area contributed by atoms with Crippen LogP contribution < -0.4 is 10.6 Å². The van der Waals surface area contributed by atoms with Gasteiger partial charge in [0, 0.05) is 37.0 Å². The minimum absolute atomic E-state index is 0.0374. The highest BCUT2D eigenvalue weighted by molar-refractivity contribution is 7.99. The number of urea groups is 1. The Hall–Kier alpha value is -4.22. The van der Waals surface area contributed by atoms with Crippen molar-refractivity contribution in [3.8, 4) is 11.1 Å². The molecule has 228 valence electrons. The number of carbonyl (C=O) groups excluding carboxylic acids is 1. The summed E-state index contributed by atoms with van der Waals surface area (Å²) < 4.78 is 12.9. The largest absolute Gasteiger partial charge is 0.478 e. The van der Waals surface area contributed by atoms with Crippen LogP contribution in [0.2, 0.25) is 0 Å². The maximum Gasteiger partial charge on any atom is 0.338 e. The second kappa shape index (κ2) is 15.0. The van der Waals surface area contributed by atoms with Gasteiger partial charge in [-0.1, -0.05) is 72.8 Å². The molecule has 0 radical (unpaired) electrons. The molecule has 10 heteroatoms. The summed E-state index contributed by atoms with van der Waals surface area (Å²) in [5.74, 6) is -0.526. The SMILES string of the molecule is CCNC(=O)NCc1ccccc1-c1ccc(C2OC(CSc3ncccc3C(=O)O)CC(c3ccc(CO)cc3)O2)cc1. The van der Waals surface area contributed by atoms with Crippen molar-refractivity contribution in [3.63, 3.8) is 0 Å². The van der Waals surface area contributed by atoms with Crippen molar-refractivity contribution >= 4 is 23.8 Å². The number of hydrogen-bond acceptors (Lipinski definition) is 7. The molecule has 5 rings (SSSR count). The van der Waals surface area contributed by atoms with Crippen molar-refractivity contribution in [2.45, 2.75) is 50.0 Å². The number of ether oxygens (including phenoxy) is 2. The quantitative estimate of drug-likeness (QED) is 0.150. The molecular weight excluding hydrogens is 578 g/mol. The number of rotatable bonds is 11. The molecule has 44 heavy (non-hydrogen) atoms. The fraction of sp³-hybridized carbons (Fsp3) is 0.265. The predicted molar refractivity (Wildman–Crippen MR) is 168 cm³/mol. The van der Waals surface area contributed by atoms with Crippen molar-refractivity contribution in [3.05, 3.63) is 119 Å². The van der Waals surface area contributed by atoms with E-state index in [2.05, 4.69) is 15.6 Å². The summed E-state index contributed by atoms with van der Waals surface area (Å²) in [4.78, 5) is 27.9. The van der Waals surface area contributed by atoms with Gasteiger partial charge in [0.05, 0.1) is 24.4 Å². The van der Waals surface area contributed by atoms with Crippen LogP contribution in [0.3, 0.4) is 0 Å². The van der Waals surface area contributed by atoms with Gasteiger partial charge in [-0.05, 0) is 46.9 Å². The Morgan fingerprint density at radius 1 is 0.932 bits per heavy atom. The molecule has 3 aromatic carbocycles. The van der Waals surface area contributed by atoms with Gasteiger partial charge >= 0.3 is 12.0 Å². The predicted octanol–water partition coefficient (Wildman–Crippen LogP) is 6.10. The third kappa shape index (κ3) is 7.83. The second-order valence-corrected chi connectivity index (χ2v) is 11.3. The zero-order chi connectivity index (χ0) is 30.9. The maximum absolute atomic E-state index is 12.0. The highest BCUT2D eigenvalue weighted by Crippen LogP contribution is 2.40. The van der Waals surface area contributed by atoms with Crippen LogP contribution in [0.5, 0.6) is 0 Å². The van der Waals surface area contributed by atoms with Crippen LogP contribution in [-0.2, 0) is 22.6 Å². The first-order chi connectivity index (χ1) is 21.4. The molecule has 1 aromatic heterocycles. The minimum atomic E-state index is -1.02. The van der Waals surface area contributed by atoms with E-state index in [1.807, 2.05) is 79.7 Å². The third-order valence-corrected chi connectivity index (χ3v) is 8.45. The minimum Gasteiger partial charge on any atom is -0.478 e. The standard InChI is InChI=1S/C34H35N3O6S/c1-2-35-34(41)37-19-26-6-3-4-7-28(26)23-13-15-25(16-14-23)33-42-27(21-44-31-29(32(39)40)8-5-17-36-31)18-30(43-33)24-11-9-22(20-38)10-12-24/h3-17,27,30,33,38H,2,18-21H2,1H3,(H,39,40)(H2,35,37,41). The van der Waals surface area contributed by atoms with Gasteiger partial charge < -0.3 is 30.3 Å². The molecular formula is C34H35N3O6S. The summed E-state index contributed by atoms with van der Waals surface area (Å²) in [6, 6.07) is 26.6. The van der Waals surface area contributed by atoms with Gasteiger partial charge in [-0.2, -0.15) is 0 Å². The number of aliphatic hydroxyl groups excluding tert-OH is 1. The Morgan fingerprint density at radius 2 is 1.68 bits per heavy atom. The van der Waals surface area contributed by atoms with Crippen LogP contribution in [0.25, 0.3) is 11.1 Å². The zero-order valence-electron chi connectivity index (χ0n) is 24.3. The molecule has 2 heterocycles. The number of carbonyl (C=O) groups is 2. The Morgan fingerprint density at radius 3 is 2.41 bits per heavy atom. The molecule has 3 unspecified atom stereocenters. The van der Waals surface area contributed by atoms with E-state index in [0.29, 0.717) is 30.3 Å². The van der Waals surface area contributed by atoms with Crippen LogP contribution in [0, 0.1) is 0 Å². The van der Waals surface area contributed by atoms with Crippen molar-refractivity contribution in [2.24, 2.45) is 0 Å². The van der Waals surface area contributed by atoms with E-state index in [1.54, 1.807) is 18.3 Å². The lowest BCUT2D eigenvalue weighted by Gasteiger charge is -2.36. The van der Waals surface area contributed by atoms with E-state index in [4.69, 9.17) is 9.47 Å². The summed E-state index contributed by atoms with van der Waals surface area (Å²) in [7, 11) is 0. The summed E-state index contributed by atoms with van der Waals surface area (Å²) >= 11 is 1.35. The molecule has 0 saturated carbocycles. The zero-order valence-corrected chi connectivity index (χ0v) is 25.1. The Labute approximate surface area is 260 Å². The average Bonchev–Trinajstić information content (AvgIpc) is 3.07. The van der Waals surface area contributed by atoms with Gasteiger partial charge in [0.15, 0.2) is 6.29 Å². The monoisotopic (exact) mass is 613 g/mol. The molecule has 9 nitrogen and oxygen atoms in total. The summed E-state index contributed by atoms with van der Waals surface area (Å²) in [6.07, 6.45) is 0.995. The second-order valence-electron chi connectivity index (χ2n) is 10.3. The fourth-order valence-electron chi connectivity index (χ4n) is 5.04. The summed E-state index contributed by atoms with van der Waals surface area (Å²) in [6.45, 7) is 2.79. The number of benzene rings is 3. The van der Waals surface area contributed by atoms with Crippen molar-refractivity contribution in [1.82, 2.24) is 15.6 Å². The molecule has 0 bridgehead atoms. The number of amides is 2. The third-order valence-electron chi connectivity index (χ3n) is 7.31. The number of aliphatic hydroxyl groups is 1. The molecule has 4 N–H and O–H groups in total. The first-order valence-electron chi connectivity index (χ1n) is 14.5. The smallest absolute Gasteiger partial charge is 0.338 e. The molecule has 2 amide bonds. The van der Waals surface area contributed by atoms with Crippen molar-refractivity contribution in [1.29, 1.82) is 0 Å². The number of nitrogens with zero attached hydrogens (tertiary/aromatic N) is 1. The molecule has 1 saturated heterocycles. The van der Waals surface area contributed by atoms with E-state index in [9.17, 15) is 19.8 Å². The Bertz CT molecular complexity index is 1560. The highest BCUT2D eigenvalue weighted by Gasteiger charge is 2.32. The first-order valence-corrected chi connectivity index (χ1v) is 15.4. The number of carboxylic acid groups (broad SMARTS) is 1. The molecule has 3 atom stereocenters. The van der Waals surface area contributed by atoms with Gasteiger partial charge in [0.2, 0.25) is 0 Å².